The summed E-state index contributed by atoms with van der Waals surface area (Å²) >= 11 is 0. The first-order valence-electron chi connectivity index (χ1n) is 6.23. The lowest BCUT2D eigenvalue weighted by atomic mass is 9.99. The van der Waals surface area contributed by atoms with Gasteiger partial charge < -0.3 is 4.40 Å². The molecule has 0 saturated carbocycles. The van der Waals surface area contributed by atoms with E-state index >= 15 is 0 Å². The van der Waals surface area contributed by atoms with E-state index in [1.165, 1.54) is 24.2 Å². The molecule has 2 aromatic rings. The molecule has 0 spiro atoms. The molecule has 0 saturated heterocycles. The molecule has 0 aliphatic rings. The van der Waals surface area contributed by atoms with E-state index < -0.39 is 0 Å². The van der Waals surface area contributed by atoms with Crippen LogP contribution in [0.3, 0.4) is 0 Å². The third-order valence-electron chi connectivity index (χ3n) is 3.17. The lowest BCUT2D eigenvalue weighted by Crippen LogP contribution is -2.01. The lowest BCUT2D eigenvalue weighted by Gasteiger charge is -2.11. The van der Waals surface area contributed by atoms with Gasteiger partial charge in [0.2, 0.25) is 0 Å². The standard InChI is InChI=1S/C14H20N2/c1-4-8-11(3)14-12(5-2)15-13-9-6-7-10-16(13)14/h6-7,9-11H,4-5,8H2,1-3H3. The van der Waals surface area contributed by atoms with Crippen molar-refractivity contribution in [2.24, 2.45) is 0 Å². The fraction of sp³-hybridized carbons (Fsp3) is 0.500. The predicted octanol–water partition coefficient (Wildman–Crippen LogP) is 3.80. The van der Waals surface area contributed by atoms with Crippen molar-refractivity contribution in [3.8, 4) is 0 Å². The molecular weight excluding hydrogens is 196 g/mol. The molecule has 16 heavy (non-hydrogen) atoms. The van der Waals surface area contributed by atoms with Crippen LogP contribution in [-0.2, 0) is 6.42 Å². The smallest absolute Gasteiger partial charge is 0.137 e. The van der Waals surface area contributed by atoms with E-state index in [0.29, 0.717) is 5.92 Å². The number of rotatable bonds is 4. The third kappa shape index (κ3) is 1.84. The van der Waals surface area contributed by atoms with Crippen LogP contribution in [0.2, 0.25) is 0 Å². The van der Waals surface area contributed by atoms with E-state index in [9.17, 15) is 0 Å². The molecule has 2 aromatic heterocycles. The van der Waals surface area contributed by atoms with Crippen LogP contribution in [0.25, 0.3) is 5.65 Å². The largest absolute Gasteiger partial charge is 0.304 e. The van der Waals surface area contributed by atoms with Crippen LogP contribution < -0.4 is 0 Å². The first kappa shape index (κ1) is 11.2. The molecule has 86 valence electrons. The summed E-state index contributed by atoms with van der Waals surface area (Å²) in [7, 11) is 0. The molecule has 2 heterocycles. The van der Waals surface area contributed by atoms with E-state index in [4.69, 9.17) is 4.98 Å². The fourth-order valence-corrected chi connectivity index (χ4v) is 2.42. The molecule has 0 fully saturated rings. The van der Waals surface area contributed by atoms with Gasteiger partial charge in [0.1, 0.15) is 5.65 Å². The van der Waals surface area contributed by atoms with Crippen molar-refractivity contribution in [3.63, 3.8) is 0 Å². The Morgan fingerprint density at radius 2 is 2.12 bits per heavy atom. The van der Waals surface area contributed by atoms with Crippen molar-refractivity contribution in [1.29, 1.82) is 0 Å². The molecule has 0 aliphatic carbocycles. The van der Waals surface area contributed by atoms with E-state index in [-0.39, 0.29) is 0 Å². The summed E-state index contributed by atoms with van der Waals surface area (Å²) in [6.45, 7) is 6.73. The average molecular weight is 216 g/mol. The highest BCUT2D eigenvalue weighted by molar-refractivity contribution is 5.44. The number of hydrogen-bond donors (Lipinski definition) is 0. The molecule has 0 N–H and O–H groups in total. The van der Waals surface area contributed by atoms with Gasteiger partial charge in [0.15, 0.2) is 0 Å². The summed E-state index contributed by atoms with van der Waals surface area (Å²) in [6, 6.07) is 6.22. The summed E-state index contributed by atoms with van der Waals surface area (Å²) in [5, 5.41) is 0. The normalized spacial score (nSPS) is 13.2. The molecule has 2 nitrogen and oxygen atoms in total. The monoisotopic (exact) mass is 216 g/mol. The number of aryl methyl sites for hydroxylation is 1. The Morgan fingerprint density at radius 3 is 2.81 bits per heavy atom. The van der Waals surface area contributed by atoms with Crippen molar-refractivity contribution in [2.45, 2.75) is 46.0 Å². The maximum atomic E-state index is 4.70. The van der Waals surface area contributed by atoms with Gasteiger partial charge in [0.25, 0.3) is 0 Å². The van der Waals surface area contributed by atoms with Crippen LogP contribution in [0.1, 0.15) is 50.9 Å². The average Bonchev–Trinajstić information content (AvgIpc) is 2.67. The Hall–Kier alpha value is -1.31. The summed E-state index contributed by atoms with van der Waals surface area (Å²) in [4.78, 5) is 4.70. The molecule has 0 aromatic carbocycles. The zero-order valence-corrected chi connectivity index (χ0v) is 10.4. The Morgan fingerprint density at radius 1 is 1.31 bits per heavy atom. The second-order valence-corrected chi connectivity index (χ2v) is 4.42. The van der Waals surface area contributed by atoms with Crippen molar-refractivity contribution < 1.29 is 0 Å². The maximum Gasteiger partial charge on any atom is 0.137 e. The minimum absolute atomic E-state index is 0.595. The second-order valence-electron chi connectivity index (χ2n) is 4.42. The van der Waals surface area contributed by atoms with Crippen molar-refractivity contribution in [1.82, 2.24) is 9.38 Å². The highest BCUT2D eigenvalue weighted by Crippen LogP contribution is 2.25. The zero-order valence-electron chi connectivity index (χ0n) is 10.4. The molecule has 1 atom stereocenters. The minimum Gasteiger partial charge on any atom is -0.304 e. The zero-order chi connectivity index (χ0) is 11.5. The Kier molecular flexibility index (Phi) is 3.28. The fourth-order valence-electron chi connectivity index (χ4n) is 2.42. The molecule has 1 unspecified atom stereocenters. The molecule has 0 aliphatic heterocycles. The van der Waals surface area contributed by atoms with Crippen LogP contribution in [-0.4, -0.2) is 9.38 Å². The highest BCUT2D eigenvalue weighted by atomic mass is 15.0. The second kappa shape index (κ2) is 4.69. The lowest BCUT2D eigenvalue weighted by molar-refractivity contribution is 0.635. The highest BCUT2D eigenvalue weighted by Gasteiger charge is 2.15. The predicted molar refractivity (Wildman–Crippen MR) is 67.9 cm³/mol. The first-order chi connectivity index (χ1) is 7.77. The van der Waals surface area contributed by atoms with Gasteiger partial charge in [-0.3, -0.25) is 0 Å². The van der Waals surface area contributed by atoms with Gasteiger partial charge in [-0.2, -0.15) is 0 Å². The first-order valence-corrected chi connectivity index (χ1v) is 6.23. The summed E-state index contributed by atoms with van der Waals surface area (Å²) in [6.07, 6.45) is 5.61. The Bertz CT molecular complexity index is 471. The summed E-state index contributed by atoms with van der Waals surface area (Å²) in [5.41, 5.74) is 3.74. The molecule has 2 heteroatoms. The Labute approximate surface area is 97.3 Å². The molecular formula is C14H20N2. The number of imidazole rings is 1. The molecule has 0 amide bonds. The molecule has 2 rings (SSSR count). The summed E-state index contributed by atoms with van der Waals surface area (Å²) < 4.78 is 2.25. The third-order valence-corrected chi connectivity index (χ3v) is 3.17. The number of hydrogen-bond acceptors (Lipinski definition) is 1. The van der Waals surface area contributed by atoms with Crippen LogP contribution in [0.5, 0.6) is 0 Å². The van der Waals surface area contributed by atoms with Crippen molar-refractivity contribution >= 4 is 5.65 Å². The van der Waals surface area contributed by atoms with Gasteiger partial charge in [0.05, 0.1) is 5.69 Å². The van der Waals surface area contributed by atoms with Gasteiger partial charge in [-0.1, -0.05) is 33.3 Å². The van der Waals surface area contributed by atoms with E-state index in [2.05, 4.69) is 49.6 Å². The van der Waals surface area contributed by atoms with Gasteiger partial charge in [-0.05, 0) is 30.9 Å². The van der Waals surface area contributed by atoms with Crippen LogP contribution in [0.15, 0.2) is 24.4 Å². The number of aromatic nitrogens is 2. The van der Waals surface area contributed by atoms with Crippen molar-refractivity contribution in [3.05, 3.63) is 35.8 Å². The molecule has 0 bridgehead atoms. The van der Waals surface area contributed by atoms with E-state index in [1.807, 2.05) is 0 Å². The van der Waals surface area contributed by atoms with Crippen molar-refractivity contribution in [2.75, 3.05) is 0 Å². The SMILES string of the molecule is CCCC(C)c1c(CC)nc2ccccn12. The van der Waals surface area contributed by atoms with Gasteiger partial charge >= 0.3 is 0 Å². The van der Waals surface area contributed by atoms with Gasteiger partial charge in [-0.25, -0.2) is 4.98 Å². The summed E-state index contributed by atoms with van der Waals surface area (Å²) in [5.74, 6) is 0.595. The minimum atomic E-state index is 0.595. The quantitative estimate of drug-likeness (QED) is 0.760. The van der Waals surface area contributed by atoms with Crippen LogP contribution in [0, 0.1) is 0 Å². The van der Waals surface area contributed by atoms with E-state index in [1.54, 1.807) is 0 Å². The van der Waals surface area contributed by atoms with Gasteiger partial charge in [0, 0.05) is 11.9 Å². The topological polar surface area (TPSA) is 17.3 Å². The maximum absolute atomic E-state index is 4.70. The van der Waals surface area contributed by atoms with Crippen LogP contribution >= 0.6 is 0 Å². The van der Waals surface area contributed by atoms with Gasteiger partial charge in [-0.15, -0.1) is 0 Å². The van der Waals surface area contributed by atoms with E-state index in [0.717, 1.165) is 12.1 Å². The number of pyridine rings is 1. The number of fused-ring (bicyclic) bond motifs is 1. The molecule has 0 radical (unpaired) electrons. The van der Waals surface area contributed by atoms with Crippen LogP contribution in [0.4, 0.5) is 0 Å². The Balaban J connectivity index is 2.55. The number of nitrogens with zero attached hydrogens (tertiary/aromatic N) is 2.